The highest BCUT2D eigenvalue weighted by Gasteiger charge is 2.10. The van der Waals surface area contributed by atoms with Crippen LogP contribution in [0.1, 0.15) is 94.4 Å². The van der Waals surface area contributed by atoms with E-state index >= 15 is 0 Å². The molecule has 0 unspecified atom stereocenters. The number of unbranched alkanes of at least 4 members (excludes halogenated alkanes) is 11. The van der Waals surface area contributed by atoms with Gasteiger partial charge in [0.1, 0.15) is 0 Å². The van der Waals surface area contributed by atoms with Crippen molar-refractivity contribution in [3.8, 4) is 5.75 Å². The molecule has 1 aromatic heterocycles. The molecule has 3 aromatic rings. The first-order chi connectivity index (χ1) is 19.0. The molecule has 0 atom stereocenters. The van der Waals surface area contributed by atoms with Crippen LogP contribution in [0.2, 0.25) is 0 Å². The normalized spacial score (nSPS) is 10.9. The quantitative estimate of drug-likeness (QED) is 0.122. The highest BCUT2D eigenvalue weighted by atomic mass is 32.1. The summed E-state index contributed by atoms with van der Waals surface area (Å²) in [6.45, 7) is 5.56. The van der Waals surface area contributed by atoms with Crippen LogP contribution < -0.4 is 19.9 Å². The van der Waals surface area contributed by atoms with E-state index in [1.807, 2.05) is 24.3 Å². The molecule has 2 aromatic carbocycles. The van der Waals surface area contributed by atoms with E-state index in [0.717, 1.165) is 24.9 Å². The van der Waals surface area contributed by atoms with Gasteiger partial charge in [-0.05, 0) is 37.6 Å². The summed E-state index contributed by atoms with van der Waals surface area (Å²) in [7, 11) is 0. The summed E-state index contributed by atoms with van der Waals surface area (Å²) in [5, 5.41) is 5.52. The van der Waals surface area contributed by atoms with Crippen LogP contribution in [0.5, 0.6) is 5.75 Å². The van der Waals surface area contributed by atoms with Crippen molar-refractivity contribution in [1.29, 1.82) is 0 Å². The van der Waals surface area contributed by atoms with Crippen LogP contribution in [0.25, 0.3) is 0 Å². The SMILES string of the molecule is CCCCCCCCCCCCCCOc1ccc(NC(=O)Nc2cccc(C[n+]3csc(C)c3)c2)cc1F. The van der Waals surface area contributed by atoms with E-state index < -0.39 is 11.8 Å². The number of aryl methyl sites for hydroxylation is 1. The van der Waals surface area contributed by atoms with Crippen molar-refractivity contribution in [1.82, 2.24) is 0 Å². The van der Waals surface area contributed by atoms with E-state index in [1.165, 1.54) is 75.2 Å². The van der Waals surface area contributed by atoms with E-state index in [-0.39, 0.29) is 5.75 Å². The Hall–Kier alpha value is -2.93. The number of nitrogens with one attached hydrogen (secondary N) is 2. The molecule has 5 nitrogen and oxygen atoms in total. The average molecular weight is 555 g/mol. The van der Waals surface area contributed by atoms with Crippen LogP contribution in [-0.2, 0) is 6.54 Å². The Balaban J connectivity index is 1.30. The number of nitrogens with zero attached hydrogens (tertiary/aromatic N) is 1. The van der Waals surface area contributed by atoms with Gasteiger partial charge in [0.15, 0.2) is 24.3 Å². The van der Waals surface area contributed by atoms with Gasteiger partial charge in [0, 0.05) is 23.0 Å². The van der Waals surface area contributed by atoms with Crippen LogP contribution in [0.3, 0.4) is 0 Å². The van der Waals surface area contributed by atoms with Gasteiger partial charge in [-0.2, -0.15) is 4.57 Å². The van der Waals surface area contributed by atoms with Crippen LogP contribution >= 0.6 is 11.3 Å². The predicted octanol–water partition coefficient (Wildman–Crippen LogP) is 9.26. The van der Waals surface area contributed by atoms with Gasteiger partial charge in [0.25, 0.3) is 0 Å². The zero-order valence-corrected chi connectivity index (χ0v) is 24.5. The van der Waals surface area contributed by atoms with E-state index in [4.69, 9.17) is 4.74 Å². The number of amides is 2. The number of hydrogen-bond donors (Lipinski definition) is 2. The van der Waals surface area contributed by atoms with Crippen molar-refractivity contribution in [3.63, 3.8) is 0 Å². The van der Waals surface area contributed by atoms with Gasteiger partial charge in [-0.3, -0.25) is 0 Å². The van der Waals surface area contributed by atoms with Crippen molar-refractivity contribution < 1.29 is 18.5 Å². The number of aromatic nitrogens is 1. The summed E-state index contributed by atoms with van der Waals surface area (Å²) in [6.07, 6.45) is 17.4. The summed E-state index contributed by atoms with van der Waals surface area (Å²) in [5.41, 5.74) is 4.21. The van der Waals surface area contributed by atoms with Gasteiger partial charge < -0.3 is 15.4 Å². The fourth-order valence-corrected chi connectivity index (χ4v) is 5.23. The predicted molar refractivity (Wildman–Crippen MR) is 160 cm³/mol. The molecule has 1 heterocycles. The lowest BCUT2D eigenvalue weighted by Gasteiger charge is -2.11. The van der Waals surface area contributed by atoms with Crippen LogP contribution in [-0.4, -0.2) is 12.6 Å². The van der Waals surface area contributed by atoms with E-state index in [1.54, 1.807) is 23.5 Å². The monoisotopic (exact) mass is 554 g/mol. The number of ether oxygens (including phenoxy) is 1. The molecule has 0 saturated carbocycles. The largest absolute Gasteiger partial charge is 0.491 e. The lowest BCUT2D eigenvalue weighted by Crippen LogP contribution is -2.30. The highest BCUT2D eigenvalue weighted by Crippen LogP contribution is 2.22. The third-order valence-corrected chi connectivity index (χ3v) is 7.57. The Morgan fingerprint density at radius 1 is 0.872 bits per heavy atom. The Morgan fingerprint density at radius 3 is 2.13 bits per heavy atom. The van der Waals surface area contributed by atoms with Gasteiger partial charge in [-0.1, -0.05) is 101 Å². The molecule has 2 amide bonds. The van der Waals surface area contributed by atoms with Crippen molar-refractivity contribution in [2.24, 2.45) is 0 Å². The lowest BCUT2D eigenvalue weighted by atomic mass is 10.1. The molecule has 39 heavy (non-hydrogen) atoms. The number of urea groups is 1. The van der Waals surface area contributed by atoms with Crippen molar-refractivity contribution in [2.75, 3.05) is 17.2 Å². The molecule has 0 aliphatic rings. The van der Waals surface area contributed by atoms with E-state index in [2.05, 4.69) is 40.8 Å². The first-order valence-corrected chi connectivity index (χ1v) is 15.4. The topological polar surface area (TPSA) is 54.2 Å². The van der Waals surface area contributed by atoms with Gasteiger partial charge in [-0.15, -0.1) is 0 Å². The molecule has 0 fully saturated rings. The second-order valence-electron chi connectivity index (χ2n) is 10.3. The Kier molecular flexibility index (Phi) is 13.8. The summed E-state index contributed by atoms with van der Waals surface area (Å²) < 4.78 is 22.3. The number of rotatable bonds is 18. The van der Waals surface area contributed by atoms with Gasteiger partial charge >= 0.3 is 6.03 Å². The molecule has 0 radical (unpaired) electrons. The van der Waals surface area contributed by atoms with Crippen LogP contribution in [0.15, 0.2) is 54.2 Å². The molecule has 0 aliphatic heterocycles. The zero-order valence-electron chi connectivity index (χ0n) is 23.6. The second-order valence-corrected chi connectivity index (χ2v) is 11.4. The molecule has 2 N–H and O–H groups in total. The minimum absolute atomic E-state index is 0.220. The minimum Gasteiger partial charge on any atom is -0.491 e. The molecule has 0 bridgehead atoms. The van der Waals surface area contributed by atoms with Crippen molar-refractivity contribution in [2.45, 2.75) is 97.4 Å². The van der Waals surface area contributed by atoms with E-state index in [9.17, 15) is 9.18 Å². The molecular weight excluding hydrogens is 509 g/mol. The minimum atomic E-state index is -0.475. The number of hydrogen-bond acceptors (Lipinski definition) is 3. The average Bonchev–Trinajstić information content (AvgIpc) is 3.32. The van der Waals surface area contributed by atoms with Gasteiger partial charge in [0.05, 0.1) is 11.5 Å². The third kappa shape index (κ3) is 12.2. The van der Waals surface area contributed by atoms with Gasteiger partial charge in [0.2, 0.25) is 5.51 Å². The fourth-order valence-electron chi connectivity index (χ4n) is 4.60. The Bertz CT molecular complexity index is 1130. The standard InChI is InChI=1S/C32H44FN3O2S/c1-3-4-5-6-7-8-9-10-11-12-13-14-20-38-31-19-18-29(22-30(31)33)35-32(37)34-28-17-15-16-27(21-28)24-36-23-26(2)39-25-36/h15-19,21-23,25H,3-14,20,24H2,1-2H3,(H-,34,35,37)/p+1. The number of thiazole rings is 1. The maximum Gasteiger partial charge on any atom is 0.323 e. The number of carbonyl (C=O) groups excluding carboxylic acids is 1. The van der Waals surface area contributed by atoms with Crippen molar-refractivity contribution >= 4 is 28.7 Å². The van der Waals surface area contributed by atoms with Crippen LogP contribution in [0.4, 0.5) is 20.6 Å². The molecule has 7 heteroatoms. The second kappa shape index (κ2) is 17.6. The summed E-state index contributed by atoms with van der Waals surface area (Å²) in [5.74, 6) is -0.255. The molecule has 212 valence electrons. The lowest BCUT2D eigenvalue weighted by molar-refractivity contribution is -0.683. The molecular formula is C32H45FN3O2S+. The fraction of sp³-hybridized carbons (Fsp3) is 0.500. The smallest absolute Gasteiger partial charge is 0.323 e. The first-order valence-electron chi connectivity index (χ1n) is 14.6. The summed E-state index contributed by atoms with van der Waals surface area (Å²) in [6, 6.07) is 11.8. The Morgan fingerprint density at radius 2 is 1.51 bits per heavy atom. The molecule has 0 saturated heterocycles. The van der Waals surface area contributed by atoms with Crippen LogP contribution in [0, 0.1) is 12.7 Å². The van der Waals surface area contributed by atoms with Gasteiger partial charge in [-0.25, -0.2) is 9.18 Å². The maximum atomic E-state index is 14.5. The van der Waals surface area contributed by atoms with E-state index in [0.29, 0.717) is 18.0 Å². The third-order valence-electron chi connectivity index (χ3n) is 6.72. The maximum absolute atomic E-state index is 14.5. The number of carbonyl (C=O) groups is 1. The summed E-state index contributed by atoms with van der Waals surface area (Å²) >= 11 is 1.70. The highest BCUT2D eigenvalue weighted by molar-refractivity contribution is 7.09. The molecule has 0 spiro atoms. The zero-order chi connectivity index (χ0) is 27.7. The number of halogens is 1. The molecule has 3 rings (SSSR count). The summed E-state index contributed by atoms with van der Waals surface area (Å²) in [4.78, 5) is 13.7. The first kappa shape index (κ1) is 30.6. The number of benzene rings is 2. The molecule has 0 aliphatic carbocycles. The van der Waals surface area contributed by atoms with Crippen molar-refractivity contribution in [3.05, 3.63) is 70.4 Å². The Labute approximate surface area is 237 Å². The number of anilines is 2.